The molecule has 1 fully saturated rings. The monoisotopic (exact) mass is 328 g/mol. The molecule has 1 heterocycles. The molecular weight excluding hydrogens is 304 g/mol. The van der Waals surface area contributed by atoms with Gasteiger partial charge >= 0.3 is 0 Å². The minimum atomic E-state index is -3.55. The van der Waals surface area contributed by atoms with E-state index in [0.717, 1.165) is 26.2 Å². The molecule has 1 aromatic carbocycles. The zero-order chi connectivity index (χ0) is 16.3. The van der Waals surface area contributed by atoms with E-state index in [2.05, 4.69) is 9.80 Å². The summed E-state index contributed by atoms with van der Waals surface area (Å²) in [5.74, 6) is 0. The fraction of sp³-hybridized carbons (Fsp3) is 0.571. The molecule has 1 aromatic rings. The predicted octanol–water partition coefficient (Wildman–Crippen LogP) is -0.367. The van der Waals surface area contributed by atoms with Gasteiger partial charge in [0.2, 0.25) is 10.0 Å². The van der Waals surface area contributed by atoms with Crippen LogP contribution < -0.4 is 10.6 Å². The zero-order valence-electron chi connectivity index (χ0n) is 13.1. The number of sulfonamides is 1. The van der Waals surface area contributed by atoms with E-state index >= 15 is 0 Å². The molecule has 2 rings (SSSR count). The first-order chi connectivity index (χ1) is 10.4. The van der Waals surface area contributed by atoms with E-state index in [1.165, 1.54) is 24.5 Å². The Morgan fingerprint density at radius 1 is 1.23 bits per heavy atom. The Balaban J connectivity index is 2.29. The molecular formula is C14H24N4O3S. The SMILES string of the molecule is CN(C)S(=O)(=O)c1cc(N)ccc1N1CCN(CCO)CC1. The second-order valence-electron chi connectivity index (χ2n) is 5.57. The van der Waals surface area contributed by atoms with Crippen molar-refractivity contribution in [3.05, 3.63) is 18.2 Å². The molecule has 1 aliphatic heterocycles. The maximum Gasteiger partial charge on any atom is 0.244 e. The second kappa shape index (κ2) is 6.82. The number of piperazine rings is 1. The number of nitrogens with zero attached hydrogens (tertiary/aromatic N) is 3. The standard InChI is InChI=1S/C14H24N4O3S/c1-16(2)22(20,21)14-11-12(15)3-4-13(14)18-7-5-17(6-8-18)9-10-19/h3-4,11,19H,5-10,15H2,1-2H3. The van der Waals surface area contributed by atoms with Gasteiger partial charge in [-0.3, -0.25) is 4.90 Å². The lowest BCUT2D eigenvalue weighted by molar-refractivity contribution is 0.188. The van der Waals surface area contributed by atoms with Crippen LogP contribution in [0, 0.1) is 0 Å². The Morgan fingerprint density at radius 2 is 1.86 bits per heavy atom. The topological polar surface area (TPSA) is 90.1 Å². The number of aliphatic hydroxyl groups excluding tert-OH is 1. The second-order valence-corrected chi connectivity index (χ2v) is 7.69. The number of benzene rings is 1. The number of rotatable bonds is 5. The van der Waals surface area contributed by atoms with Crippen LogP contribution in [0.2, 0.25) is 0 Å². The zero-order valence-corrected chi connectivity index (χ0v) is 13.9. The number of β-amino-alcohol motifs (C(OH)–C–C–N with tert-alkyl or cyclic N) is 1. The van der Waals surface area contributed by atoms with Crippen LogP contribution in [-0.2, 0) is 10.0 Å². The lowest BCUT2D eigenvalue weighted by atomic mass is 10.2. The quantitative estimate of drug-likeness (QED) is 0.717. The van der Waals surface area contributed by atoms with E-state index in [4.69, 9.17) is 10.8 Å². The van der Waals surface area contributed by atoms with Crippen molar-refractivity contribution in [1.29, 1.82) is 0 Å². The van der Waals surface area contributed by atoms with Crippen molar-refractivity contribution >= 4 is 21.4 Å². The Morgan fingerprint density at radius 3 is 2.41 bits per heavy atom. The third kappa shape index (κ3) is 3.52. The van der Waals surface area contributed by atoms with Gasteiger partial charge in [0.25, 0.3) is 0 Å². The first-order valence-corrected chi connectivity index (χ1v) is 8.70. The van der Waals surface area contributed by atoms with Gasteiger partial charge in [0.1, 0.15) is 4.90 Å². The molecule has 0 atom stereocenters. The average Bonchev–Trinajstić information content (AvgIpc) is 2.48. The Kier molecular flexibility index (Phi) is 5.28. The van der Waals surface area contributed by atoms with Crippen molar-refractivity contribution in [2.24, 2.45) is 0 Å². The molecule has 1 aliphatic rings. The fourth-order valence-electron chi connectivity index (χ4n) is 2.55. The van der Waals surface area contributed by atoms with Crippen molar-refractivity contribution in [1.82, 2.24) is 9.21 Å². The van der Waals surface area contributed by atoms with Gasteiger partial charge in [0.15, 0.2) is 0 Å². The molecule has 124 valence electrons. The molecule has 0 amide bonds. The Bertz CT molecular complexity index is 611. The molecule has 22 heavy (non-hydrogen) atoms. The summed E-state index contributed by atoms with van der Waals surface area (Å²) in [5, 5.41) is 8.99. The van der Waals surface area contributed by atoms with Crippen LogP contribution in [0.4, 0.5) is 11.4 Å². The first kappa shape index (κ1) is 17.0. The fourth-order valence-corrected chi connectivity index (χ4v) is 3.69. The Hall–Kier alpha value is -1.35. The largest absolute Gasteiger partial charge is 0.399 e. The number of aliphatic hydroxyl groups is 1. The molecule has 0 saturated carbocycles. The van der Waals surface area contributed by atoms with Gasteiger partial charge in [-0.1, -0.05) is 0 Å². The van der Waals surface area contributed by atoms with Crippen molar-refractivity contribution < 1.29 is 13.5 Å². The molecule has 0 aromatic heterocycles. The molecule has 0 aliphatic carbocycles. The van der Waals surface area contributed by atoms with Crippen LogP contribution in [-0.4, -0.2) is 76.2 Å². The molecule has 0 bridgehead atoms. The van der Waals surface area contributed by atoms with E-state index < -0.39 is 10.0 Å². The number of nitrogens with two attached hydrogens (primary N) is 1. The van der Waals surface area contributed by atoms with E-state index in [0.29, 0.717) is 17.9 Å². The average molecular weight is 328 g/mol. The summed E-state index contributed by atoms with van der Waals surface area (Å²) in [6, 6.07) is 5.02. The highest BCUT2D eigenvalue weighted by Crippen LogP contribution is 2.29. The molecule has 3 N–H and O–H groups in total. The number of hydrogen-bond donors (Lipinski definition) is 2. The van der Waals surface area contributed by atoms with Crippen LogP contribution in [0.3, 0.4) is 0 Å². The van der Waals surface area contributed by atoms with Crippen molar-refractivity contribution in [3.8, 4) is 0 Å². The van der Waals surface area contributed by atoms with Gasteiger partial charge in [0.05, 0.1) is 12.3 Å². The molecule has 8 heteroatoms. The summed E-state index contributed by atoms with van der Waals surface area (Å²) >= 11 is 0. The lowest BCUT2D eigenvalue weighted by Crippen LogP contribution is -2.47. The van der Waals surface area contributed by atoms with E-state index in [1.54, 1.807) is 12.1 Å². The highest BCUT2D eigenvalue weighted by molar-refractivity contribution is 7.89. The van der Waals surface area contributed by atoms with Crippen LogP contribution in [0.15, 0.2) is 23.1 Å². The van der Waals surface area contributed by atoms with Crippen LogP contribution in [0.5, 0.6) is 0 Å². The smallest absolute Gasteiger partial charge is 0.244 e. The highest BCUT2D eigenvalue weighted by Gasteiger charge is 2.26. The van der Waals surface area contributed by atoms with Crippen molar-refractivity contribution in [2.75, 3.05) is 64.1 Å². The summed E-state index contributed by atoms with van der Waals surface area (Å²) in [4.78, 5) is 4.46. The van der Waals surface area contributed by atoms with Gasteiger partial charge < -0.3 is 15.7 Å². The third-order valence-corrected chi connectivity index (χ3v) is 5.72. The lowest BCUT2D eigenvalue weighted by Gasteiger charge is -2.36. The Labute approximate surface area is 132 Å². The summed E-state index contributed by atoms with van der Waals surface area (Å²) in [6.07, 6.45) is 0. The maximum absolute atomic E-state index is 12.5. The van der Waals surface area contributed by atoms with Crippen molar-refractivity contribution in [2.45, 2.75) is 4.90 Å². The maximum atomic E-state index is 12.5. The molecule has 0 unspecified atom stereocenters. The molecule has 1 saturated heterocycles. The van der Waals surface area contributed by atoms with E-state index in [-0.39, 0.29) is 11.5 Å². The van der Waals surface area contributed by atoms with Gasteiger partial charge in [-0.2, -0.15) is 0 Å². The summed E-state index contributed by atoms with van der Waals surface area (Å²) in [6.45, 7) is 3.83. The van der Waals surface area contributed by atoms with Gasteiger partial charge in [0, 0.05) is 52.5 Å². The van der Waals surface area contributed by atoms with E-state index in [9.17, 15) is 8.42 Å². The highest BCUT2D eigenvalue weighted by atomic mass is 32.2. The molecule has 0 radical (unpaired) electrons. The predicted molar refractivity (Wildman–Crippen MR) is 87.5 cm³/mol. The van der Waals surface area contributed by atoms with Crippen molar-refractivity contribution in [3.63, 3.8) is 0 Å². The summed E-state index contributed by atoms with van der Waals surface area (Å²) in [7, 11) is -0.514. The number of anilines is 2. The summed E-state index contributed by atoms with van der Waals surface area (Å²) < 4.78 is 26.2. The van der Waals surface area contributed by atoms with Crippen LogP contribution in [0.1, 0.15) is 0 Å². The van der Waals surface area contributed by atoms with Crippen LogP contribution in [0.25, 0.3) is 0 Å². The van der Waals surface area contributed by atoms with Gasteiger partial charge in [-0.15, -0.1) is 0 Å². The van der Waals surface area contributed by atoms with Gasteiger partial charge in [-0.25, -0.2) is 12.7 Å². The number of nitrogen functional groups attached to an aromatic ring is 1. The van der Waals surface area contributed by atoms with Gasteiger partial charge in [-0.05, 0) is 18.2 Å². The normalized spacial score (nSPS) is 17.2. The minimum Gasteiger partial charge on any atom is -0.399 e. The van der Waals surface area contributed by atoms with Crippen LogP contribution >= 0.6 is 0 Å². The third-order valence-electron chi connectivity index (χ3n) is 3.87. The van der Waals surface area contributed by atoms with E-state index in [1.807, 2.05) is 0 Å². The summed E-state index contributed by atoms with van der Waals surface area (Å²) in [5.41, 5.74) is 6.90. The molecule has 0 spiro atoms. The molecule has 7 nitrogen and oxygen atoms in total. The number of hydrogen-bond acceptors (Lipinski definition) is 6. The minimum absolute atomic E-state index is 0.141. The first-order valence-electron chi connectivity index (χ1n) is 7.26.